The van der Waals surface area contributed by atoms with Gasteiger partial charge >= 0.3 is 0 Å². The van der Waals surface area contributed by atoms with Gasteiger partial charge in [0.25, 0.3) is 0 Å². The minimum atomic E-state index is 1.10. The van der Waals surface area contributed by atoms with Crippen molar-refractivity contribution in [1.82, 2.24) is 20.9 Å². The maximum atomic E-state index is 3.61. The fourth-order valence-electron chi connectivity index (χ4n) is 3.71. The zero-order valence-corrected chi connectivity index (χ0v) is 17.8. The molecule has 156 valence electrons. The van der Waals surface area contributed by atoms with E-state index in [1.54, 1.807) is 0 Å². The number of rotatable bonds is 11. The maximum absolute atomic E-state index is 3.61. The van der Waals surface area contributed by atoms with Gasteiger partial charge in [0.1, 0.15) is 0 Å². The monoisotopic (exact) mass is 368 g/mol. The molecule has 0 bridgehead atoms. The highest BCUT2D eigenvalue weighted by Gasteiger charge is 2.05. The molecule has 26 heavy (non-hydrogen) atoms. The van der Waals surface area contributed by atoms with Gasteiger partial charge in [-0.05, 0) is 52.0 Å². The van der Waals surface area contributed by atoms with E-state index in [1.165, 1.54) is 96.7 Å². The molecule has 1 aliphatic heterocycles. The number of nitrogens with one attached hydrogen (secondary N) is 3. The van der Waals surface area contributed by atoms with Crippen LogP contribution in [0.15, 0.2) is 0 Å². The summed E-state index contributed by atoms with van der Waals surface area (Å²) >= 11 is 0. The summed E-state index contributed by atoms with van der Waals surface area (Å²) in [6.07, 6.45) is 16.8. The van der Waals surface area contributed by atoms with Crippen molar-refractivity contribution in [3.63, 3.8) is 0 Å². The lowest BCUT2D eigenvalue weighted by atomic mass is 10.1. The molecule has 1 aliphatic rings. The molecule has 1 fully saturated rings. The molecule has 0 radical (unpaired) electrons. The lowest BCUT2D eigenvalue weighted by Gasteiger charge is -2.23. The van der Waals surface area contributed by atoms with Crippen LogP contribution in [0.1, 0.15) is 84.0 Å². The van der Waals surface area contributed by atoms with Crippen LogP contribution in [0.25, 0.3) is 0 Å². The van der Waals surface area contributed by atoms with Gasteiger partial charge < -0.3 is 20.9 Å². The summed E-state index contributed by atoms with van der Waals surface area (Å²) in [5.74, 6) is 0. The fraction of sp³-hybridized carbons (Fsp3) is 1.00. The van der Waals surface area contributed by atoms with Gasteiger partial charge in [-0.15, -0.1) is 0 Å². The Hall–Kier alpha value is -0.160. The third-order valence-corrected chi connectivity index (χ3v) is 5.45. The van der Waals surface area contributed by atoms with Crippen molar-refractivity contribution in [3.8, 4) is 0 Å². The van der Waals surface area contributed by atoms with E-state index >= 15 is 0 Å². The molecular formula is C22H48N4. The minimum Gasteiger partial charge on any atom is -0.315 e. The maximum Gasteiger partial charge on any atom is 0.0107 e. The van der Waals surface area contributed by atoms with Crippen LogP contribution in [0.3, 0.4) is 0 Å². The van der Waals surface area contributed by atoms with E-state index in [2.05, 4.69) is 27.8 Å². The van der Waals surface area contributed by atoms with Crippen molar-refractivity contribution in [2.24, 2.45) is 0 Å². The molecule has 0 unspecified atom stereocenters. The van der Waals surface area contributed by atoms with E-state index in [9.17, 15) is 0 Å². The number of nitrogens with zero attached hydrogens (tertiary/aromatic N) is 1. The molecule has 0 spiro atoms. The number of unbranched alkanes of at least 4 members (excludes halogenated alkanes) is 9. The Morgan fingerprint density at radius 1 is 0.538 bits per heavy atom. The third kappa shape index (κ3) is 16.0. The van der Waals surface area contributed by atoms with E-state index in [0.29, 0.717) is 0 Å². The Morgan fingerprint density at radius 2 is 1.08 bits per heavy atom. The standard InChI is InChI=1S/C22H48N4/c1-2-3-4-5-6-7-8-9-10-11-20-26-21-13-16-24-18-17-23-14-12-15-25-19-22-26/h23-25H,2-22H2,1H3. The Morgan fingerprint density at radius 3 is 1.73 bits per heavy atom. The first-order chi connectivity index (χ1) is 12.9. The van der Waals surface area contributed by atoms with Crippen LogP contribution in [-0.2, 0) is 0 Å². The normalized spacial score (nSPS) is 19.3. The molecule has 0 saturated carbocycles. The predicted octanol–water partition coefficient (Wildman–Crippen LogP) is 3.77. The number of hydrogen-bond acceptors (Lipinski definition) is 4. The van der Waals surface area contributed by atoms with Crippen molar-refractivity contribution in [2.45, 2.75) is 84.0 Å². The van der Waals surface area contributed by atoms with E-state index in [0.717, 1.165) is 39.3 Å². The summed E-state index contributed by atoms with van der Waals surface area (Å²) in [5, 5.41) is 10.7. The Labute approximate surface area is 164 Å². The van der Waals surface area contributed by atoms with Gasteiger partial charge in [-0.3, -0.25) is 0 Å². The molecule has 0 aromatic heterocycles. The van der Waals surface area contributed by atoms with Crippen molar-refractivity contribution >= 4 is 0 Å². The minimum absolute atomic E-state index is 1.10. The van der Waals surface area contributed by atoms with E-state index in [1.807, 2.05) is 0 Å². The van der Waals surface area contributed by atoms with Crippen LogP contribution in [0.4, 0.5) is 0 Å². The van der Waals surface area contributed by atoms with Gasteiger partial charge in [-0.1, -0.05) is 64.7 Å². The van der Waals surface area contributed by atoms with E-state index in [4.69, 9.17) is 0 Å². The second kappa shape index (κ2) is 19.6. The second-order valence-electron chi connectivity index (χ2n) is 7.98. The molecule has 0 aromatic carbocycles. The van der Waals surface area contributed by atoms with Gasteiger partial charge in [0, 0.05) is 26.2 Å². The molecule has 3 N–H and O–H groups in total. The first kappa shape index (κ1) is 23.9. The zero-order chi connectivity index (χ0) is 18.5. The first-order valence-corrected chi connectivity index (χ1v) is 11.8. The second-order valence-corrected chi connectivity index (χ2v) is 7.98. The topological polar surface area (TPSA) is 39.3 Å². The van der Waals surface area contributed by atoms with Gasteiger partial charge in [-0.2, -0.15) is 0 Å². The molecular weight excluding hydrogens is 320 g/mol. The lowest BCUT2D eigenvalue weighted by Crippen LogP contribution is -2.37. The quantitative estimate of drug-likeness (QED) is 0.486. The van der Waals surface area contributed by atoms with Crippen molar-refractivity contribution in [2.75, 3.05) is 58.9 Å². The molecule has 1 rings (SSSR count). The average Bonchev–Trinajstić information content (AvgIpc) is 2.66. The lowest BCUT2D eigenvalue weighted by molar-refractivity contribution is 0.261. The smallest absolute Gasteiger partial charge is 0.0107 e. The summed E-state index contributed by atoms with van der Waals surface area (Å²) in [6.45, 7) is 12.8. The van der Waals surface area contributed by atoms with Crippen LogP contribution < -0.4 is 16.0 Å². The van der Waals surface area contributed by atoms with Crippen LogP contribution >= 0.6 is 0 Å². The molecule has 4 heteroatoms. The van der Waals surface area contributed by atoms with E-state index < -0.39 is 0 Å². The molecule has 0 aliphatic carbocycles. The number of hydrogen-bond donors (Lipinski definition) is 3. The molecule has 0 aromatic rings. The van der Waals surface area contributed by atoms with Crippen LogP contribution in [0, 0.1) is 0 Å². The largest absolute Gasteiger partial charge is 0.315 e. The SMILES string of the molecule is CCCCCCCCCCCCN1CCCNCCNCCCNCC1. The fourth-order valence-corrected chi connectivity index (χ4v) is 3.71. The Balaban J connectivity index is 2.02. The summed E-state index contributed by atoms with van der Waals surface area (Å²) in [6, 6.07) is 0. The zero-order valence-electron chi connectivity index (χ0n) is 17.8. The van der Waals surface area contributed by atoms with Crippen LogP contribution in [-0.4, -0.2) is 63.8 Å². The summed E-state index contributed by atoms with van der Waals surface area (Å²) in [7, 11) is 0. The van der Waals surface area contributed by atoms with Crippen LogP contribution in [0.5, 0.6) is 0 Å². The van der Waals surface area contributed by atoms with Gasteiger partial charge in [-0.25, -0.2) is 0 Å². The molecule has 0 atom stereocenters. The molecule has 1 heterocycles. The summed E-state index contributed by atoms with van der Waals surface area (Å²) in [4.78, 5) is 2.68. The first-order valence-electron chi connectivity index (χ1n) is 11.8. The predicted molar refractivity (Wildman–Crippen MR) is 116 cm³/mol. The van der Waals surface area contributed by atoms with E-state index in [-0.39, 0.29) is 0 Å². The summed E-state index contributed by atoms with van der Waals surface area (Å²) in [5.41, 5.74) is 0. The van der Waals surface area contributed by atoms with Crippen molar-refractivity contribution < 1.29 is 0 Å². The highest BCUT2D eigenvalue weighted by atomic mass is 15.1. The molecule has 4 nitrogen and oxygen atoms in total. The molecule has 1 saturated heterocycles. The Bertz CT molecular complexity index is 259. The average molecular weight is 369 g/mol. The highest BCUT2D eigenvalue weighted by Crippen LogP contribution is 2.10. The summed E-state index contributed by atoms with van der Waals surface area (Å²) < 4.78 is 0. The third-order valence-electron chi connectivity index (χ3n) is 5.45. The van der Waals surface area contributed by atoms with Gasteiger partial charge in [0.2, 0.25) is 0 Å². The van der Waals surface area contributed by atoms with Crippen LogP contribution in [0.2, 0.25) is 0 Å². The van der Waals surface area contributed by atoms with Gasteiger partial charge in [0.15, 0.2) is 0 Å². The van der Waals surface area contributed by atoms with Crippen molar-refractivity contribution in [3.05, 3.63) is 0 Å². The van der Waals surface area contributed by atoms with Gasteiger partial charge in [0.05, 0.1) is 0 Å². The highest BCUT2D eigenvalue weighted by molar-refractivity contribution is 4.64. The van der Waals surface area contributed by atoms with Crippen molar-refractivity contribution in [1.29, 1.82) is 0 Å². The Kier molecular flexibility index (Phi) is 18.0. The molecule has 0 amide bonds.